The van der Waals surface area contributed by atoms with Crippen molar-refractivity contribution in [3.8, 4) is 0 Å². The monoisotopic (exact) mass is 340 g/mol. The topological polar surface area (TPSA) is 41.6 Å². The van der Waals surface area contributed by atoms with Crippen LogP contribution in [0.1, 0.15) is 23.5 Å². The van der Waals surface area contributed by atoms with Gasteiger partial charge in [-0.25, -0.2) is 0 Å². The predicted octanol–water partition coefficient (Wildman–Crippen LogP) is 2.90. The van der Waals surface area contributed by atoms with E-state index in [-0.39, 0.29) is 11.8 Å². The highest BCUT2D eigenvalue weighted by Crippen LogP contribution is 2.23. The van der Waals surface area contributed by atoms with Crippen molar-refractivity contribution in [2.75, 3.05) is 40.4 Å². The van der Waals surface area contributed by atoms with Gasteiger partial charge in [-0.1, -0.05) is 60.7 Å². The molecule has 0 saturated carbocycles. The highest BCUT2D eigenvalue weighted by Gasteiger charge is 2.15. The molecule has 2 aromatic rings. The molecule has 25 heavy (non-hydrogen) atoms. The number of nitrogens with one attached hydrogen (secondary N) is 1. The normalized spacial score (nSPS) is 11.0. The van der Waals surface area contributed by atoms with Gasteiger partial charge in [0.05, 0.1) is 6.54 Å². The number of hydrogen-bond acceptors (Lipinski definition) is 3. The fourth-order valence-corrected chi connectivity index (χ4v) is 2.87. The highest BCUT2D eigenvalue weighted by molar-refractivity contribution is 5.78. The maximum absolute atomic E-state index is 12.3. The van der Waals surface area contributed by atoms with Gasteiger partial charge >= 0.3 is 0 Å². The van der Waals surface area contributed by atoms with E-state index in [0.717, 1.165) is 19.6 Å². The maximum atomic E-state index is 12.3. The Morgan fingerprint density at radius 2 is 1.60 bits per heavy atom. The summed E-state index contributed by atoms with van der Waals surface area (Å²) in [5, 5.41) is 3.09. The molecule has 0 saturated heterocycles. The standard InChI is InChI=1S/C21H28N2O2/c1-23(14-9-15-25-2)17-21(24)22-16-20(18-10-5-3-6-11-18)19-12-7-4-8-13-19/h3-8,10-13,20H,9,14-17H2,1-2H3,(H,22,24). The Morgan fingerprint density at radius 3 is 2.12 bits per heavy atom. The molecule has 1 N–H and O–H groups in total. The summed E-state index contributed by atoms with van der Waals surface area (Å²) in [5.74, 6) is 0.210. The van der Waals surface area contributed by atoms with Crippen LogP contribution in [-0.4, -0.2) is 51.2 Å². The number of benzene rings is 2. The third-order valence-electron chi connectivity index (χ3n) is 4.21. The molecule has 0 bridgehead atoms. The second-order valence-electron chi connectivity index (χ2n) is 6.26. The number of methoxy groups -OCH3 is 1. The van der Waals surface area contributed by atoms with Gasteiger partial charge < -0.3 is 10.1 Å². The van der Waals surface area contributed by atoms with Gasteiger partial charge in [0.15, 0.2) is 0 Å². The molecular weight excluding hydrogens is 312 g/mol. The number of amides is 1. The number of likely N-dealkylation sites (N-methyl/N-ethyl adjacent to an activating group) is 1. The van der Waals surface area contributed by atoms with Crippen molar-refractivity contribution in [1.82, 2.24) is 10.2 Å². The van der Waals surface area contributed by atoms with Crippen LogP contribution in [0.3, 0.4) is 0 Å². The van der Waals surface area contributed by atoms with E-state index in [1.54, 1.807) is 7.11 Å². The second kappa shape index (κ2) is 10.6. The lowest BCUT2D eigenvalue weighted by Crippen LogP contribution is -2.37. The van der Waals surface area contributed by atoms with E-state index < -0.39 is 0 Å². The fraction of sp³-hybridized carbons (Fsp3) is 0.381. The average Bonchev–Trinajstić information content (AvgIpc) is 2.64. The quantitative estimate of drug-likeness (QED) is 0.676. The Hall–Kier alpha value is -2.17. The molecule has 0 aromatic heterocycles. The van der Waals surface area contributed by atoms with E-state index in [4.69, 9.17) is 4.74 Å². The molecule has 0 radical (unpaired) electrons. The van der Waals surface area contributed by atoms with Gasteiger partial charge in [-0.05, 0) is 24.6 Å². The first kappa shape index (κ1) is 19.2. The zero-order chi connectivity index (χ0) is 17.9. The van der Waals surface area contributed by atoms with Crippen LogP contribution in [0.2, 0.25) is 0 Å². The van der Waals surface area contributed by atoms with Gasteiger partial charge in [0.25, 0.3) is 0 Å². The number of ether oxygens (including phenoxy) is 1. The van der Waals surface area contributed by atoms with Crippen LogP contribution >= 0.6 is 0 Å². The summed E-state index contributed by atoms with van der Waals surface area (Å²) < 4.78 is 5.05. The largest absolute Gasteiger partial charge is 0.385 e. The van der Waals surface area contributed by atoms with Crippen molar-refractivity contribution < 1.29 is 9.53 Å². The molecule has 0 atom stereocenters. The van der Waals surface area contributed by atoms with Gasteiger partial charge in [0.1, 0.15) is 0 Å². The molecule has 0 spiro atoms. The second-order valence-corrected chi connectivity index (χ2v) is 6.26. The molecule has 2 aromatic carbocycles. The van der Waals surface area contributed by atoms with Crippen molar-refractivity contribution in [3.05, 3.63) is 71.8 Å². The van der Waals surface area contributed by atoms with Crippen LogP contribution in [0.5, 0.6) is 0 Å². The molecule has 4 heteroatoms. The molecule has 0 aliphatic rings. The minimum Gasteiger partial charge on any atom is -0.385 e. The van der Waals surface area contributed by atoms with Gasteiger partial charge in [0.2, 0.25) is 5.91 Å². The van der Waals surface area contributed by atoms with E-state index >= 15 is 0 Å². The molecule has 0 unspecified atom stereocenters. The zero-order valence-corrected chi connectivity index (χ0v) is 15.2. The smallest absolute Gasteiger partial charge is 0.234 e. The molecule has 0 aliphatic heterocycles. The van der Waals surface area contributed by atoms with Crippen molar-refractivity contribution in [1.29, 1.82) is 0 Å². The van der Waals surface area contributed by atoms with Crippen molar-refractivity contribution in [2.45, 2.75) is 12.3 Å². The van der Waals surface area contributed by atoms with Crippen LogP contribution in [-0.2, 0) is 9.53 Å². The molecular formula is C21H28N2O2. The summed E-state index contributed by atoms with van der Waals surface area (Å²) in [5.41, 5.74) is 2.42. The van der Waals surface area contributed by atoms with E-state index in [1.165, 1.54) is 11.1 Å². The number of carbonyl (C=O) groups excluding carboxylic acids is 1. The SMILES string of the molecule is COCCCN(C)CC(=O)NCC(c1ccccc1)c1ccccc1. The van der Waals surface area contributed by atoms with Crippen LogP contribution in [0.25, 0.3) is 0 Å². The van der Waals surface area contributed by atoms with Crippen LogP contribution < -0.4 is 5.32 Å². The van der Waals surface area contributed by atoms with Crippen LogP contribution in [0.15, 0.2) is 60.7 Å². The highest BCUT2D eigenvalue weighted by atomic mass is 16.5. The Morgan fingerprint density at radius 1 is 1.04 bits per heavy atom. The number of nitrogens with zero attached hydrogens (tertiary/aromatic N) is 1. The molecule has 0 fully saturated rings. The average molecular weight is 340 g/mol. The third-order valence-corrected chi connectivity index (χ3v) is 4.21. The Balaban J connectivity index is 1.93. The van der Waals surface area contributed by atoms with Crippen LogP contribution in [0, 0.1) is 0 Å². The minimum absolute atomic E-state index is 0.0526. The van der Waals surface area contributed by atoms with E-state index in [1.807, 2.05) is 48.3 Å². The number of carbonyl (C=O) groups is 1. The van der Waals surface area contributed by atoms with Gasteiger partial charge in [-0.2, -0.15) is 0 Å². The van der Waals surface area contributed by atoms with Gasteiger partial charge in [0, 0.05) is 32.7 Å². The Kier molecular flexibility index (Phi) is 8.16. The lowest BCUT2D eigenvalue weighted by atomic mass is 9.91. The van der Waals surface area contributed by atoms with Gasteiger partial charge in [-0.3, -0.25) is 9.69 Å². The minimum atomic E-state index is 0.0526. The lowest BCUT2D eigenvalue weighted by Gasteiger charge is -2.20. The summed E-state index contributed by atoms with van der Waals surface area (Å²) in [7, 11) is 3.65. The Labute approximate surface area is 150 Å². The zero-order valence-electron chi connectivity index (χ0n) is 15.2. The lowest BCUT2D eigenvalue weighted by molar-refractivity contribution is -0.122. The summed E-state index contributed by atoms with van der Waals surface area (Å²) in [6.07, 6.45) is 0.928. The third kappa shape index (κ3) is 6.69. The van der Waals surface area contributed by atoms with E-state index in [2.05, 4.69) is 29.6 Å². The summed E-state index contributed by atoms with van der Waals surface area (Å²) in [6, 6.07) is 20.6. The summed E-state index contributed by atoms with van der Waals surface area (Å²) in [6.45, 7) is 2.57. The van der Waals surface area contributed by atoms with Crippen molar-refractivity contribution >= 4 is 5.91 Å². The van der Waals surface area contributed by atoms with Crippen molar-refractivity contribution in [3.63, 3.8) is 0 Å². The maximum Gasteiger partial charge on any atom is 0.234 e. The molecule has 0 aliphatic carbocycles. The van der Waals surface area contributed by atoms with Crippen molar-refractivity contribution in [2.24, 2.45) is 0 Å². The molecule has 0 heterocycles. The summed E-state index contributed by atoms with van der Waals surface area (Å²) in [4.78, 5) is 14.3. The molecule has 134 valence electrons. The summed E-state index contributed by atoms with van der Waals surface area (Å²) >= 11 is 0. The fourth-order valence-electron chi connectivity index (χ4n) is 2.87. The van der Waals surface area contributed by atoms with Gasteiger partial charge in [-0.15, -0.1) is 0 Å². The predicted molar refractivity (Wildman–Crippen MR) is 102 cm³/mol. The first-order valence-electron chi connectivity index (χ1n) is 8.74. The first-order chi connectivity index (χ1) is 12.2. The van der Waals surface area contributed by atoms with Crippen LogP contribution in [0.4, 0.5) is 0 Å². The molecule has 4 nitrogen and oxygen atoms in total. The first-order valence-corrected chi connectivity index (χ1v) is 8.74. The number of hydrogen-bond donors (Lipinski definition) is 1. The molecule has 1 amide bonds. The van der Waals surface area contributed by atoms with E-state index in [9.17, 15) is 4.79 Å². The number of rotatable bonds is 10. The molecule has 2 rings (SSSR count). The van der Waals surface area contributed by atoms with E-state index in [0.29, 0.717) is 13.1 Å². The Bertz CT molecular complexity index is 577.